The monoisotopic (exact) mass is 243 g/mol. The summed E-state index contributed by atoms with van der Waals surface area (Å²) in [6, 6.07) is 0. The fourth-order valence-electron chi connectivity index (χ4n) is 1.62. The summed E-state index contributed by atoms with van der Waals surface area (Å²) in [5.74, 6) is 2.40. The van der Waals surface area contributed by atoms with E-state index < -0.39 is 0 Å². The highest BCUT2D eigenvalue weighted by Gasteiger charge is 2.30. The van der Waals surface area contributed by atoms with Gasteiger partial charge in [0.1, 0.15) is 5.82 Å². The molecule has 5 heteroatoms. The van der Waals surface area contributed by atoms with Crippen molar-refractivity contribution in [1.82, 2.24) is 9.36 Å². The topological polar surface area (TPSA) is 37.8 Å². The number of hydrogen-bond acceptors (Lipinski definition) is 4. The van der Waals surface area contributed by atoms with Crippen molar-refractivity contribution in [3.8, 4) is 0 Å². The molecule has 1 aromatic rings. The summed E-state index contributed by atoms with van der Waals surface area (Å²) in [6.45, 7) is 0.825. The molecular weight excluding hydrogens is 230 g/mol. The normalized spacial score (nSPS) is 22.7. The lowest BCUT2D eigenvalue weighted by atomic mass is 10.3. The first-order valence-electron chi connectivity index (χ1n) is 5.54. The Balaban J connectivity index is 1.52. The first-order valence-corrected chi connectivity index (χ1v) is 6.75. The van der Waals surface area contributed by atoms with Crippen LogP contribution in [0.5, 0.6) is 0 Å². The van der Waals surface area contributed by atoms with Gasteiger partial charge < -0.3 is 5.32 Å². The summed E-state index contributed by atoms with van der Waals surface area (Å²) in [6.07, 6.45) is 5.10. The molecule has 2 aliphatic rings. The van der Waals surface area contributed by atoms with Gasteiger partial charge in [-0.15, -0.1) is 11.6 Å². The van der Waals surface area contributed by atoms with Gasteiger partial charge in [0.15, 0.2) is 0 Å². The maximum Gasteiger partial charge on any atom is 0.202 e. The zero-order valence-electron chi connectivity index (χ0n) is 8.45. The van der Waals surface area contributed by atoms with E-state index in [2.05, 4.69) is 14.7 Å². The van der Waals surface area contributed by atoms with Crippen LogP contribution < -0.4 is 5.32 Å². The molecule has 1 aromatic heterocycles. The van der Waals surface area contributed by atoms with Crippen LogP contribution in [0.2, 0.25) is 0 Å². The van der Waals surface area contributed by atoms with Gasteiger partial charge in [-0.25, -0.2) is 4.98 Å². The second-order valence-electron chi connectivity index (χ2n) is 4.47. The van der Waals surface area contributed by atoms with Crippen LogP contribution in [-0.4, -0.2) is 21.3 Å². The molecule has 1 atom stereocenters. The van der Waals surface area contributed by atoms with E-state index in [1.54, 1.807) is 0 Å². The van der Waals surface area contributed by atoms with Gasteiger partial charge in [-0.2, -0.15) is 4.37 Å². The van der Waals surface area contributed by atoms with Crippen molar-refractivity contribution in [2.45, 2.75) is 37.0 Å². The largest absolute Gasteiger partial charge is 0.359 e. The molecule has 0 aromatic carbocycles. The fraction of sp³-hybridized carbons (Fsp3) is 0.800. The fourth-order valence-corrected chi connectivity index (χ4v) is 2.60. The molecule has 0 aliphatic heterocycles. The summed E-state index contributed by atoms with van der Waals surface area (Å²) >= 11 is 7.66. The average molecular weight is 244 g/mol. The molecule has 15 heavy (non-hydrogen) atoms. The first-order chi connectivity index (χ1) is 7.33. The molecule has 0 bridgehead atoms. The highest BCUT2D eigenvalue weighted by molar-refractivity contribution is 7.09. The number of alkyl halides is 1. The second kappa shape index (κ2) is 3.91. The van der Waals surface area contributed by atoms with Gasteiger partial charge in [0.05, 0.1) is 5.38 Å². The number of nitrogens with one attached hydrogen (secondary N) is 1. The van der Waals surface area contributed by atoms with Gasteiger partial charge >= 0.3 is 0 Å². The first kappa shape index (κ1) is 9.85. The molecule has 0 spiro atoms. The van der Waals surface area contributed by atoms with Crippen LogP contribution in [0.25, 0.3) is 0 Å². The lowest BCUT2D eigenvalue weighted by Crippen LogP contribution is -2.15. The molecule has 3 rings (SSSR count). The molecular formula is C10H14ClN3S. The quantitative estimate of drug-likeness (QED) is 0.809. The smallest absolute Gasteiger partial charge is 0.202 e. The maximum absolute atomic E-state index is 6.20. The molecule has 1 unspecified atom stereocenters. The maximum atomic E-state index is 6.20. The standard InChI is InChI=1S/C10H14ClN3S/c11-8(6-1-2-6)5-12-10-13-9(14-15-10)7-3-4-7/h6-8H,1-5H2,(H,12,13,14). The van der Waals surface area contributed by atoms with Crippen molar-refractivity contribution >= 4 is 28.3 Å². The van der Waals surface area contributed by atoms with E-state index >= 15 is 0 Å². The van der Waals surface area contributed by atoms with Crippen LogP contribution in [0.15, 0.2) is 0 Å². The van der Waals surface area contributed by atoms with E-state index in [-0.39, 0.29) is 5.38 Å². The summed E-state index contributed by atoms with van der Waals surface area (Å²) in [7, 11) is 0. The Hall–Kier alpha value is -0.350. The van der Waals surface area contributed by atoms with Crippen LogP contribution in [0.4, 0.5) is 5.13 Å². The van der Waals surface area contributed by atoms with Crippen molar-refractivity contribution in [2.24, 2.45) is 5.92 Å². The molecule has 2 fully saturated rings. The summed E-state index contributed by atoms with van der Waals surface area (Å²) < 4.78 is 4.34. The van der Waals surface area contributed by atoms with E-state index in [9.17, 15) is 0 Å². The Kier molecular flexibility index (Phi) is 2.56. The third-order valence-corrected chi connectivity index (χ3v) is 4.16. The van der Waals surface area contributed by atoms with Crippen LogP contribution in [0.1, 0.15) is 37.4 Å². The minimum atomic E-state index is 0.262. The predicted octanol–water partition coefficient (Wildman–Crippen LogP) is 2.84. The van der Waals surface area contributed by atoms with Gasteiger partial charge in [-0.05, 0) is 31.6 Å². The Morgan fingerprint density at radius 1 is 1.40 bits per heavy atom. The number of nitrogens with zero attached hydrogens (tertiary/aromatic N) is 2. The number of rotatable bonds is 5. The predicted molar refractivity (Wildman–Crippen MR) is 62.7 cm³/mol. The van der Waals surface area contributed by atoms with E-state index in [0.29, 0.717) is 5.92 Å². The Morgan fingerprint density at radius 2 is 2.20 bits per heavy atom. The zero-order valence-corrected chi connectivity index (χ0v) is 10.0. The number of aromatic nitrogens is 2. The molecule has 0 amide bonds. The van der Waals surface area contributed by atoms with E-state index in [0.717, 1.165) is 23.4 Å². The van der Waals surface area contributed by atoms with Gasteiger partial charge in [-0.3, -0.25) is 0 Å². The molecule has 3 nitrogen and oxygen atoms in total. The Labute approximate surface area is 98.4 Å². The second-order valence-corrected chi connectivity index (χ2v) is 5.78. The lowest BCUT2D eigenvalue weighted by Gasteiger charge is -2.07. The van der Waals surface area contributed by atoms with Gasteiger partial charge in [0, 0.05) is 24.0 Å². The number of hydrogen-bond donors (Lipinski definition) is 1. The van der Waals surface area contributed by atoms with Gasteiger partial charge in [0.2, 0.25) is 5.13 Å². The van der Waals surface area contributed by atoms with E-state index in [1.165, 1.54) is 37.2 Å². The van der Waals surface area contributed by atoms with Gasteiger partial charge in [-0.1, -0.05) is 0 Å². The van der Waals surface area contributed by atoms with Crippen LogP contribution in [-0.2, 0) is 0 Å². The SMILES string of the molecule is ClC(CNc1nc(C2CC2)ns1)C1CC1. The molecule has 2 aliphatic carbocycles. The van der Waals surface area contributed by atoms with Crippen LogP contribution in [0, 0.1) is 5.92 Å². The minimum Gasteiger partial charge on any atom is -0.359 e. The van der Waals surface area contributed by atoms with Crippen molar-refractivity contribution < 1.29 is 0 Å². The highest BCUT2D eigenvalue weighted by atomic mass is 35.5. The third kappa shape index (κ3) is 2.42. The van der Waals surface area contributed by atoms with Crippen molar-refractivity contribution in [3.63, 3.8) is 0 Å². The lowest BCUT2D eigenvalue weighted by molar-refractivity contribution is 0.769. The Bertz CT molecular complexity index is 346. The van der Waals surface area contributed by atoms with Crippen molar-refractivity contribution in [1.29, 1.82) is 0 Å². The number of anilines is 1. The molecule has 1 N–H and O–H groups in total. The minimum absolute atomic E-state index is 0.262. The summed E-state index contributed by atoms with van der Waals surface area (Å²) in [5, 5.41) is 4.48. The van der Waals surface area contributed by atoms with Crippen molar-refractivity contribution in [3.05, 3.63) is 5.82 Å². The zero-order chi connectivity index (χ0) is 10.3. The third-order valence-electron chi connectivity index (χ3n) is 2.97. The van der Waals surface area contributed by atoms with E-state index in [1.807, 2.05) is 0 Å². The molecule has 82 valence electrons. The highest BCUT2D eigenvalue weighted by Crippen LogP contribution is 2.39. The van der Waals surface area contributed by atoms with Crippen LogP contribution >= 0.6 is 23.1 Å². The Morgan fingerprint density at radius 3 is 2.87 bits per heavy atom. The molecule has 0 saturated heterocycles. The molecule has 2 saturated carbocycles. The summed E-state index contributed by atoms with van der Waals surface area (Å²) in [4.78, 5) is 4.46. The average Bonchev–Trinajstić information content (AvgIpc) is 3.12. The van der Waals surface area contributed by atoms with Gasteiger partial charge in [0.25, 0.3) is 0 Å². The van der Waals surface area contributed by atoms with Crippen LogP contribution in [0.3, 0.4) is 0 Å². The van der Waals surface area contributed by atoms with E-state index in [4.69, 9.17) is 11.6 Å². The molecule has 0 radical (unpaired) electrons. The van der Waals surface area contributed by atoms with Crippen molar-refractivity contribution in [2.75, 3.05) is 11.9 Å². The summed E-state index contributed by atoms with van der Waals surface area (Å²) in [5.41, 5.74) is 0. The molecule has 1 heterocycles. The number of halogens is 1.